The van der Waals surface area contributed by atoms with Crippen molar-refractivity contribution in [3.8, 4) is 0 Å². The summed E-state index contributed by atoms with van der Waals surface area (Å²) in [7, 11) is 0. The van der Waals surface area contributed by atoms with Crippen molar-refractivity contribution in [2.75, 3.05) is 6.61 Å². The largest absolute Gasteiger partial charge is 0.396 e. The van der Waals surface area contributed by atoms with Crippen LogP contribution in [0.3, 0.4) is 0 Å². The molecule has 0 aliphatic rings. The average molecular weight is 264 g/mol. The minimum atomic E-state index is 0.226. The van der Waals surface area contributed by atoms with Gasteiger partial charge < -0.3 is 5.11 Å². The van der Waals surface area contributed by atoms with Crippen molar-refractivity contribution >= 4 is 27.5 Å². The van der Waals surface area contributed by atoms with Crippen LogP contribution in [-0.4, -0.2) is 11.7 Å². The monoisotopic (exact) mass is 262 g/mol. The zero-order valence-corrected chi connectivity index (χ0v) is 9.82. The minimum absolute atomic E-state index is 0.226. The zero-order chi connectivity index (χ0) is 9.84. The van der Waals surface area contributed by atoms with Gasteiger partial charge in [-0.05, 0) is 43.0 Å². The Morgan fingerprint density at radius 2 is 2.15 bits per heavy atom. The normalized spacial score (nSPS) is 10.5. The van der Waals surface area contributed by atoms with Crippen LogP contribution in [0.25, 0.3) is 0 Å². The molecular weight excluding hydrogens is 251 g/mol. The van der Waals surface area contributed by atoms with Crippen molar-refractivity contribution in [1.29, 1.82) is 0 Å². The molecule has 0 spiro atoms. The van der Waals surface area contributed by atoms with Gasteiger partial charge >= 0.3 is 0 Å². The van der Waals surface area contributed by atoms with Crippen LogP contribution >= 0.6 is 27.5 Å². The second kappa shape index (κ2) is 4.99. The first-order chi connectivity index (χ1) is 6.15. The van der Waals surface area contributed by atoms with Crippen LogP contribution in [-0.2, 0) is 6.42 Å². The van der Waals surface area contributed by atoms with E-state index in [4.69, 9.17) is 16.7 Å². The molecule has 0 radical (unpaired) electrons. The summed E-state index contributed by atoms with van der Waals surface area (Å²) >= 11 is 9.40. The second-order valence-electron chi connectivity index (χ2n) is 3.00. The molecule has 72 valence electrons. The summed E-state index contributed by atoms with van der Waals surface area (Å²) in [5.41, 5.74) is 2.31. The average Bonchev–Trinajstić information content (AvgIpc) is 2.09. The van der Waals surface area contributed by atoms with Gasteiger partial charge in [0.15, 0.2) is 0 Å². The van der Waals surface area contributed by atoms with Crippen molar-refractivity contribution in [2.45, 2.75) is 19.8 Å². The third-order valence-corrected chi connectivity index (χ3v) is 2.87. The number of halogens is 2. The molecule has 1 nitrogen and oxygen atoms in total. The summed E-state index contributed by atoms with van der Waals surface area (Å²) in [4.78, 5) is 0. The Morgan fingerprint density at radius 3 is 2.77 bits per heavy atom. The van der Waals surface area contributed by atoms with Gasteiger partial charge in [-0.15, -0.1) is 0 Å². The first-order valence-electron chi connectivity index (χ1n) is 4.20. The maximum Gasteiger partial charge on any atom is 0.0449 e. The molecule has 1 aromatic rings. The molecule has 0 aliphatic carbocycles. The van der Waals surface area contributed by atoms with Crippen LogP contribution in [0, 0.1) is 6.92 Å². The standard InChI is InChI=1S/C10H12BrClO/c1-7-8(3-2-4-13)5-9(11)6-10(7)12/h5-6,13H,2-4H2,1H3. The van der Waals surface area contributed by atoms with Crippen molar-refractivity contribution < 1.29 is 5.11 Å². The van der Waals surface area contributed by atoms with E-state index in [1.807, 2.05) is 13.0 Å². The summed E-state index contributed by atoms with van der Waals surface area (Å²) in [5.74, 6) is 0. The molecule has 1 aromatic carbocycles. The van der Waals surface area contributed by atoms with E-state index in [-0.39, 0.29) is 6.61 Å². The van der Waals surface area contributed by atoms with Gasteiger partial charge in [0.05, 0.1) is 0 Å². The number of hydrogen-bond donors (Lipinski definition) is 1. The van der Waals surface area contributed by atoms with E-state index in [0.717, 1.165) is 27.9 Å². The molecule has 0 heterocycles. The molecule has 0 amide bonds. The molecule has 0 atom stereocenters. The van der Waals surface area contributed by atoms with Gasteiger partial charge in [0, 0.05) is 16.1 Å². The molecule has 0 fully saturated rings. The third-order valence-electron chi connectivity index (χ3n) is 2.02. The Kier molecular flexibility index (Phi) is 4.23. The van der Waals surface area contributed by atoms with Crippen LogP contribution < -0.4 is 0 Å². The quantitative estimate of drug-likeness (QED) is 0.887. The number of rotatable bonds is 3. The van der Waals surface area contributed by atoms with Crippen LogP contribution in [0.4, 0.5) is 0 Å². The second-order valence-corrected chi connectivity index (χ2v) is 4.32. The van der Waals surface area contributed by atoms with Crippen molar-refractivity contribution in [2.24, 2.45) is 0 Å². The highest BCUT2D eigenvalue weighted by Crippen LogP contribution is 2.25. The Labute approximate surface area is 91.9 Å². The predicted octanol–water partition coefficient (Wildman–Crippen LogP) is 3.34. The molecule has 0 saturated heterocycles. The summed E-state index contributed by atoms with van der Waals surface area (Å²) in [6.07, 6.45) is 1.66. The van der Waals surface area contributed by atoms with E-state index in [1.54, 1.807) is 0 Å². The van der Waals surface area contributed by atoms with Gasteiger partial charge in [0.2, 0.25) is 0 Å². The molecule has 0 unspecified atom stereocenters. The highest BCUT2D eigenvalue weighted by Gasteiger charge is 2.03. The van der Waals surface area contributed by atoms with Crippen LogP contribution in [0.1, 0.15) is 17.5 Å². The minimum Gasteiger partial charge on any atom is -0.396 e. The lowest BCUT2D eigenvalue weighted by Crippen LogP contribution is -1.93. The SMILES string of the molecule is Cc1c(Cl)cc(Br)cc1CCCO. The fraction of sp³-hybridized carbons (Fsp3) is 0.400. The lowest BCUT2D eigenvalue weighted by Gasteiger charge is -2.07. The molecule has 0 bridgehead atoms. The molecule has 0 aromatic heterocycles. The Balaban J connectivity index is 2.92. The number of aliphatic hydroxyl groups excluding tert-OH is 1. The fourth-order valence-electron chi connectivity index (χ4n) is 1.23. The molecule has 13 heavy (non-hydrogen) atoms. The Hall–Kier alpha value is -0.0500. The summed E-state index contributed by atoms with van der Waals surface area (Å²) in [6, 6.07) is 3.94. The van der Waals surface area contributed by atoms with Gasteiger partial charge in [0.25, 0.3) is 0 Å². The highest BCUT2D eigenvalue weighted by molar-refractivity contribution is 9.10. The van der Waals surface area contributed by atoms with Crippen molar-refractivity contribution in [3.63, 3.8) is 0 Å². The van der Waals surface area contributed by atoms with Gasteiger partial charge in [-0.3, -0.25) is 0 Å². The lowest BCUT2D eigenvalue weighted by atomic mass is 10.0. The lowest BCUT2D eigenvalue weighted by molar-refractivity contribution is 0.288. The molecular formula is C10H12BrClO. The van der Waals surface area contributed by atoms with E-state index in [0.29, 0.717) is 0 Å². The number of aliphatic hydroxyl groups is 1. The van der Waals surface area contributed by atoms with Crippen LogP contribution in [0.5, 0.6) is 0 Å². The van der Waals surface area contributed by atoms with Crippen LogP contribution in [0.2, 0.25) is 5.02 Å². The topological polar surface area (TPSA) is 20.2 Å². The fourth-order valence-corrected chi connectivity index (χ4v) is 2.10. The zero-order valence-electron chi connectivity index (χ0n) is 7.48. The highest BCUT2D eigenvalue weighted by atomic mass is 79.9. The summed E-state index contributed by atoms with van der Waals surface area (Å²) in [6.45, 7) is 2.23. The first kappa shape index (κ1) is 11.0. The van der Waals surface area contributed by atoms with Gasteiger partial charge in [-0.2, -0.15) is 0 Å². The number of hydrogen-bond acceptors (Lipinski definition) is 1. The summed E-state index contributed by atoms with van der Waals surface area (Å²) < 4.78 is 0.996. The van der Waals surface area contributed by atoms with Gasteiger partial charge in [0.1, 0.15) is 0 Å². The smallest absolute Gasteiger partial charge is 0.0449 e. The number of benzene rings is 1. The third kappa shape index (κ3) is 2.97. The van der Waals surface area contributed by atoms with Crippen LogP contribution in [0.15, 0.2) is 16.6 Å². The van der Waals surface area contributed by atoms with E-state index in [1.165, 1.54) is 5.56 Å². The van der Waals surface area contributed by atoms with Gasteiger partial charge in [-0.1, -0.05) is 27.5 Å². The van der Waals surface area contributed by atoms with E-state index >= 15 is 0 Å². The molecule has 1 N–H and O–H groups in total. The van der Waals surface area contributed by atoms with E-state index in [9.17, 15) is 0 Å². The van der Waals surface area contributed by atoms with Gasteiger partial charge in [-0.25, -0.2) is 0 Å². The van der Waals surface area contributed by atoms with Crippen molar-refractivity contribution in [1.82, 2.24) is 0 Å². The maximum absolute atomic E-state index is 8.71. The van der Waals surface area contributed by atoms with E-state index < -0.39 is 0 Å². The summed E-state index contributed by atoms with van der Waals surface area (Å²) in [5, 5.41) is 9.49. The molecule has 1 rings (SSSR count). The Bertz CT molecular complexity index is 299. The number of aryl methyl sites for hydroxylation is 1. The van der Waals surface area contributed by atoms with E-state index in [2.05, 4.69) is 22.0 Å². The Morgan fingerprint density at radius 1 is 1.46 bits per heavy atom. The molecule has 3 heteroatoms. The maximum atomic E-state index is 8.71. The molecule has 0 saturated carbocycles. The first-order valence-corrected chi connectivity index (χ1v) is 5.37. The van der Waals surface area contributed by atoms with Crippen molar-refractivity contribution in [3.05, 3.63) is 32.8 Å². The molecule has 0 aliphatic heterocycles. The predicted molar refractivity (Wildman–Crippen MR) is 59.3 cm³/mol.